The van der Waals surface area contributed by atoms with Crippen LogP contribution in [0.25, 0.3) is 0 Å². The Balaban J connectivity index is 2.42. The Labute approximate surface area is 115 Å². The summed E-state index contributed by atoms with van der Waals surface area (Å²) < 4.78 is 39.8. The summed E-state index contributed by atoms with van der Waals surface area (Å²) >= 11 is 3.12. The lowest BCUT2D eigenvalue weighted by molar-refractivity contribution is 0.405. The number of nitrogens with zero attached hydrogens (tertiary/aromatic N) is 1. The Morgan fingerprint density at radius 1 is 1.39 bits per heavy atom. The Hall–Kier alpha value is -0.460. The van der Waals surface area contributed by atoms with Crippen LogP contribution in [0, 0.1) is 11.7 Å². The van der Waals surface area contributed by atoms with Gasteiger partial charge in [0.05, 0.1) is 4.90 Å². The summed E-state index contributed by atoms with van der Waals surface area (Å²) in [4.78, 5) is 0.129. The van der Waals surface area contributed by atoms with Crippen molar-refractivity contribution in [1.82, 2.24) is 4.31 Å². The third-order valence-electron chi connectivity index (χ3n) is 3.21. The Morgan fingerprint density at radius 3 is 2.56 bits per heavy atom. The molecule has 2 atom stereocenters. The molecule has 0 radical (unpaired) electrons. The van der Waals surface area contributed by atoms with E-state index in [4.69, 9.17) is 0 Å². The first kappa shape index (κ1) is 14.0. The number of hydrogen-bond donors (Lipinski definition) is 0. The number of sulfonamides is 1. The van der Waals surface area contributed by atoms with E-state index in [2.05, 4.69) is 15.9 Å². The summed E-state index contributed by atoms with van der Waals surface area (Å²) in [5.41, 5.74) is 0. The second-order valence-electron chi connectivity index (χ2n) is 4.84. The normalized spacial score (nSPS) is 25.6. The maximum Gasteiger partial charge on any atom is 0.244 e. The molecule has 1 saturated heterocycles. The fourth-order valence-corrected chi connectivity index (χ4v) is 5.18. The lowest BCUT2D eigenvalue weighted by Crippen LogP contribution is -2.34. The van der Waals surface area contributed by atoms with Gasteiger partial charge in [0.15, 0.2) is 0 Å². The fourth-order valence-electron chi connectivity index (χ4n) is 2.41. The molecule has 0 amide bonds. The topological polar surface area (TPSA) is 37.4 Å². The zero-order valence-corrected chi connectivity index (χ0v) is 12.6. The van der Waals surface area contributed by atoms with Gasteiger partial charge in [0.25, 0.3) is 0 Å². The second-order valence-corrected chi connectivity index (χ2v) is 7.55. The van der Waals surface area contributed by atoms with E-state index in [1.165, 1.54) is 22.5 Å². The molecule has 0 bridgehead atoms. The van der Waals surface area contributed by atoms with Gasteiger partial charge in [0.1, 0.15) is 5.82 Å². The van der Waals surface area contributed by atoms with E-state index in [0.717, 1.165) is 6.42 Å². The number of halogens is 2. The van der Waals surface area contributed by atoms with E-state index in [9.17, 15) is 12.8 Å². The summed E-state index contributed by atoms with van der Waals surface area (Å²) in [7, 11) is -3.55. The molecule has 1 heterocycles. The van der Waals surface area contributed by atoms with Crippen LogP contribution in [0.3, 0.4) is 0 Å². The van der Waals surface area contributed by atoms with E-state index in [-0.39, 0.29) is 15.4 Å². The lowest BCUT2D eigenvalue weighted by Gasteiger charge is -2.21. The van der Waals surface area contributed by atoms with Crippen LogP contribution >= 0.6 is 15.9 Å². The highest BCUT2D eigenvalue weighted by Crippen LogP contribution is 2.32. The number of hydrogen-bond acceptors (Lipinski definition) is 2. The quantitative estimate of drug-likeness (QED) is 0.833. The predicted octanol–water partition coefficient (Wildman–Crippen LogP) is 3.01. The summed E-state index contributed by atoms with van der Waals surface area (Å²) in [6, 6.07) is 3.64. The average molecular weight is 336 g/mol. The third kappa shape index (κ3) is 2.46. The smallest absolute Gasteiger partial charge is 0.207 e. The van der Waals surface area contributed by atoms with E-state index < -0.39 is 15.8 Å². The Morgan fingerprint density at radius 2 is 2.06 bits per heavy atom. The van der Waals surface area contributed by atoms with Gasteiger partial charge in [-0.15, -0.1) is 0 Å². The minimum atomic E-state index is -3.55. The zero-order chi connectivity index (χ0) is 13.5. The van der Waals surface area contributed by atoms with Crippen LogP contribution in [-0.2, 0) is 10.0 Å². The van der Waals surface area contributed by atoms with Crippen molar-refractivity contribution in [3.8, 4) is 0 Å². The molecule has 1 aromatic rings. The van der Waals surface area contributed by atoms with Gasteiger partial charge in [0.2, 0.25) is 10.0 Å². The standard InChI is InChI=1S/C12H15BrFNO2S/c1-8-5-9(2)15(7-8)18(16,17)12-4-3-10(14)6-11(12)13/h3-4,6,8-9H,5,7H2,1-2H3. The predicted molar refractivity (Wildman–Crippen MR) is 71.2 cm³/mol. The van der Waals surface area contributed by atoms with Crippen molar-refractivity contribution in [3.63, 3.8) is 0 Å². The molecule has 2 rings (SSSR count). The first-order chi connectivity index (χ1) is 8.32. The summed E-state index contributed by atoms with van der Waals surface area (Å²) in [5, 5.41) is 0. The molecular weight excluding hydrogens is 321 g/mol. The second kappa shape index (κ2) is 4.90. The van der Waals surface area contributed by atoms with E-state index in [1.54, 1.807) is 0 Å². The van der Waals surface area contributed by atoms with Gasteiger partial charge in [-0.2, -0.15) is 4.31 Å². The molecular formula is C12H15BrFNO2S. The molecule has 6 heteroatoms. The van der Waals surface area contributed by atoms with E-state index in [1.807, 2.05) is 13.8 Å². The van der Waals surface area contributed by atoms with Gasteiger partial charge in [-0.05, 0) is 53.4 Å². The van der Waals surface area contributed by atoms with Crippen LogP contribution in [0.2, 0.25) is 0 Å². The van der Waals surface area contributed by atoms with Crippen LogP contribution in [0.15, 0.2) is 27.6 Å². The molecule has 0 N–H and O–H groups in total. The molecule has 0 aromatic heterocycles. The van der Waals surface area contributed by atoms with Gasteiger partial charge < -0.3 is 0 Å². The van der Waals surface area contributed by atoms with Gasteiger partial charge >= 0.3 is 0 Å². The van der Waals surface area contributed by atoms with Crippen molar-refractivity contribution in [1.29, 1.82) is 0 Å². The largest absolute Gasteiger partial charge is 0.244 e. The van der Waals surface area contributed by atoms with Crippen LogP contribution in [0.4, 0.5) is 4.39 Å². The molecule has 100 valence electrons. The first-order valence-electron chi connectivity index (χ1n) is 5.79. The molecule has 1 aliphatic heterocycles. The van der Waals surface area contributed by atoms with Crippen LogP contribution in [0.5, 0.6) is 0 Å². The maximum absolute atomic E-state index is 13.0. The van der Waals surface area contributed by atoms with Crippen molar-refractivity contribution in [2.45, 2.75) is 31.2 Å². The van der Waals surface area contributed by atoms with Crippen molar-refractivity contribution in [3.05, 3.63) is 28.5 Å². The monoisotopic (exact) mass is 335 g/mol. The number of benzene rings is 1. The Kier molecular flexibility index (Phi) is 3.80. The third-order valence-corrected chi connectivity index (χ3v) is 6.16. The highest BCUT2D eigenvalue weighted by Gasteiger charge is 2.36. The number of rotatable bonds is 2. The van der Waals surface area contributed by atoms with Crippen molar-refractivity contribution < 1.29 is 12.8 Å². The van der Waals surface area contributed by atoms with Crippen LogP contribution in [0.1, 0.15) is 20.3 Å². The minimum Gasteiger partial charge on any atom is -0.207 e. The first-order valence-corrected chi connectivity index (χ1v) is 8.02. The van der Waals surface area contributed by atoms with Gasteiger partial charge in [0, 0.05) is 17.1 Å². The molecule has 1 aromatic carbocycles. The fraction of sp³-hybridized carbons (Fsp3) is 0.500. The van der Waals surface area contributed by atoms with E-state index in [0.29, 0.717) is 12.5 Å². The molecule has 1 fully saturated rings. The molecule has 2 unspecified atom stereocenters. The summed E-state index contributed by atoms with van der Waals surface area (Å²) in [5.74, 6) is -0.0994. The molecule has 3 nitrogen and oxygen atoms in total. The maximum atomic E-state index is 13.0. The highest BCUT2D eigenvalue weighted by molar-refractivity contribution is 9.10. The van der Waals surface area contributed by atoms with Crippen LogP contribution in [-0.4, -0.2) is 25.3 Å². The van der Waals surface area contributed by atoms with Gasteiger partial charge in [-0.25, -0.2) is 12.8 Å². The van der Waals surface area contributed by atoms with Crippen LogP contribution < -0.4 is 0 Å². The summed E-state index contributed by atoms with van der Waals surface area (Å²) in [6.45, 7) is 4.46. The molecule has 18 heavy (non-hydrogen) atoms. The zero-order valence-electron chi connectivity index (χ0n) is 10.2. The summed E-state index contributed by atoms with van der Waals surface area (Å²) in [6.07, 6.45) is 0.859. The van der Waals surface area contributed by atoms with Crippen molar-refractivity contribution in [2.75, 3.05) is 6.54 Å². The van der Waals surface area contributed by atoms with Gasteiger partial charge in [-0.1, -0.05) is 6.92 Å². The molecule has 0 spiro atoms. The van der Waals surface area contributed by atoms with Crippen molar-refractivity contribution >= 4 is 26.0 Å². The highest BCUT2D eigenvalue weighted by atomic mass is 79.9. The SMILES string of the molecule is CC1CC(C)N(S(=O)(=O)c2ccc(F)cc2Br)C1. The Bertz CT molecular complexity index is 561. The molecule has 0 saturated carbocycles. The minimum absolute atomic E-state index is 0.0121. The van der Waals surface area contributed by atoms with Crippen molar-refractivity contribution in [2.24, 2.45) is 5.92 Å². The molecule has 1 aliphatic rings. The average Bonchev–Trinajstić information content (AvgIpc) is 2.57. The lowest BCUT2D eigenvalue weighted by atomic mass is 10.1. The van der Waals surface area contributed by atoms with Gasteiger partial charge in [-0.3, -0.25) is 0 Å². The molecule has 0 aliphatic carbocycles. The van der Waals surface area contributed by atoms with E-state index >= 15 is 0 Å².